The largest absolute Gasteiger partial charge is 0.477 e. The van der Waals surface area contributed by atoms with E-state index in [9.17, 15) is 4.79 Å². The first kappa shape index (κ1) is 11.8. The highest BCUT2D eigenvalue weighted by molar-refractivity contribution is 14.1. The zero-order valence-corrected chi connectivity index (χ0v) is 10.8. The molecule has 0 amide bonds. The smallest absolute Gasteiger partial charge is 0.354 e. The number of carbonyl (C=O) groups is 1. The second kappa shape index (κ2) is 5.13. The van der Waals surface area contributed by atoms with Crippen molar-refractivity contribution in [2.45, 2.75) is 0 Å². The fraction of sp³-hybridized carbons (Fsp3) is 0. The number of pyridine rings is 1. The minimum atomic E-state index is -1.05. The molecule has 1 heterocycles. The van der Waals surface area contributed by atoms with Crippen LogP contribution >= 0.6 is 22.6 Å². The molecule has 1 aromatic carbocycles. The van der Waals surface area contributed by atoms with Gasteiger partial charge in [0.05, 0.1) is 6.20 Å². The maximum atomic E-state index is 10.6. The average Bonchev–Trinajstić information content (AvgIpc) is 2.29. The van der Waals surface area contributed by atoms with Crippen molar-refractivity contribution in [2.24, 2.45) is 0 Å². The molecule has 0 saturated heterocycles. The van der Waals surface area contributed by atoms with Gasteiger partial charge in [-0.25, -0.2) is 9.78 Å². The Hall–Kier alpha value is -1.63. The van der Waals surface area contributed by atoms with E-state index in [1.54, 1.807) is 6.07 Å². The molecule has 0 spiro atoms. The molecule has 0 aliphatic rings. The van der Waals surface area contributed by atoms with Crippen LogP contribution in [0, 0.1) is 3.57 Å². The van der Waals surface area contributed by atoms with Crippen LogP contribution in [0.5, 0.6) is 11.5 Å². The molecule has 5 heteroatoms. The van der Waals surface area contributed by atoms with Crippen molar-refractivity contribution in [3.63, 3.8) is 0 Å². The molecular weight excluding hydrogens is 333 g/mol. The van der Waals surface area contributed by atoms with Crippen LogP contribution in [0.2, 0.25) is 0 Å². The van der Waals surface area contributed by atoms with Crippen molar-refractivity contribution >= 4 is 28.6 Å². The second-order valence-corrected chi connectivity index (χ2v) is 4.49. The van der Waals surface area contributed by atoms with Crippen molar-refractivity contribution in [2.75, 3.05) is 0 Å². The summed E-state index contributed by atoms with van der Waals surface area (Å²) in [6.45, 7) is 0. The number of hydrogen-bond donors (Lipinski definition) is 1. The van der Waals surface area contributed by atoms with E-state index in [4.69, 9.17) is 9.84 Å². The van der Waals surface area contributed by atoms with Crippen LogP contribution in [0.4, 0.5) is 0 Å². The average molecular weight is 341 g/mol. The Labute approximate surface area is 111 Å². The number of rotatable bonds is 3. The predicted molar refractivity (Wildman–Crippen MR) is 70.4 cm³/mol. The number of nitrogens with zero attached hydrogens (tertiary/aromatic N) is 1. The highest BCUT2D eigenvalue weighted by atomic mass is 127. The van der Waals surface area contributed by atoms with Gasteiger partial charge in [0.1, 0.15) is 17.2 Å². The molecule has 0 aliphatic heterocycles. The van der Waals surface area contributed by atoms with Gasteiger partial charge < -0.3 is 9.84 Å². The standard InChI is InChI=1S/C12H8INO3/c13-8-2-1-3-9(6-8)17-10-4-5-11(12(15)16)14-7-10/h1-7H,(H,15,16). The molecule has 0 radical (unpaired) electrons. The molecule has 0 atom stereocenters. The summed E-state index contributed by atoms with van der Waals surface area (Å²) in [5.41, 5.74) is -0.00000719. The van der Waals surface area contributed by atoms with Crippen molar-refractivity contribution in [3.8, 4) is 11.5 Å². The predicted octanol–water partition coefficient (Wildman–Crippen LogP) is 3.18. The SMILES string of the molecule is O=C(O)c1ccc(Oc2cccc(I)c2)cn1. The molecule has 0 fully saturated rings. The molecule has 2 aromatic rings. The quantitative estimate of drug-likeness (QED) is 0.872. The van der Waals surface area contributed by atoms with Gasteiger partial charge in [0.25, 0.3) is 0 Å². The highest BCUT2D eigenvalue weighted by Gasteiger charge is 2.04. The number of aromatic carboxylic acids is 1. The maximum absolute atomic E-state index is 10.6. The van der Waals surface area contributed by atoms with Crippen molar-refractivity contribution in [1.82, 2.24) is 4.98 Å². The number of carboxylic acids is 1. The number of aromatic nitrogens is 1. The Balaban J connectivity index is 2.16. The first-order valence-corrected chi connectivity index (χ1v) is 5.86. The summed E-state index contributed by atoms with van der Waals surface area (Å²) in [6, 6.07) is 10.5. The third kappa shape index (κ3) is 3.16. The normalized spacial score (nSPS) is 9.94. The summed E-state index contributed by atoms with van der Waals surface area (Å²) >= 11 is 2.19. The number of carboxylic acid groups (broad SMARTS) is 1. The van der Waals surface area contributed by atoms with Crippen molar-refractivity contribution in [1.29, 1.82) is 0 Å². The van der Waals surface area contributed by atoms with Gasteiger partial charge in [0.2, 0.25) is 0 Å². The minimum Gasteiger partial charge on any atom is -0.477 e. The monoisotopic (exact) mass is 341 g/mol. The lowest BCUT2D eigenvalue weighted by Gasteiger charge is -2.05. The number of benzene rings is 1. The first-order valence-electron chi connectivity index (χ1n) is 4.78. The van der Waals surface area contributed by atoms with Gasteiger partial charge in [0, 0.05) is 3.57 Å². The van der Waals surface area contributed by atoms with Gasteiger partial charge in [0.15, 0.2) is 0 Å². The van der Waals surface area contributed by atoms with E-state index in [1.807, 2.05) is 24.3 Å². The van der Waals surface area contributed by atoms with Crippen LogP contribution in [0.1, 0.15) is 10.5 Å². The van der Waals surface area contributed by atoms with E-state index >= 15 is 0 Å². The summed E-state index contributed by atoms with van der Waals surface area (Å²) in [5.74, 6) is 0.157. The minimum absolute atomic E-state index is 0.00000719. The maximum Gasteiger partial charge on any atom is 0.354 e. The van der Waals surface area contributed by atoms with Crippen LogP contribution < -0.4 is 4.74 Å². The van der Waals surface area contributed by atoms with Gasteiger partial charge in [-0.05, 0) is 52.9 Å². The van der Waals surface area contributed by atoms with Crippen molar-refractivity contribution < 1.29 is 14.6 Å². The second-order valence-electron chi connectivity index (χ2n) is 3.24. The Bertz CT molecular complexity index is 540. The van der Waals surface area contributed by atoms with E-state index < -0.39 is 5.97 Å². The van der Waals surface area contributed by atoms with Gasteiger partial charge >= 0.3 is 5.97 Å². The summed E-state index contributed by atoms with van der Waals surface area (Å²) in [7, 11) is 0. The topological polar surface area (TPSA) is 59.4 Å². The van der Waals surface area contributed by atoms with E-state index in [0.29, 0.717) is 11.5 Å². The van der Waals surface area contributed by atoms with Gasteiger partial charge in [-0.15, -0.1) is 0 Å². The first-order chi connectivity index (χ1) is 8.15. The van der Waals surface area contributed by atoms with Crippen molar-refractivity contribution in [3.05, 3.63) is 51.9 Å². The zero-order valence-electron chi connectivity index (χ0n) is 8.63. The van der Waals surface area contributed by atoms with Crippen LogP contribution in [-0.4, -0.2) is 16.1 Å². The van der Waals surface area contributed by atoms with Gasteiger partial charge in [-0.1, -0.05) is 6.07 Å². The molecule has 17 heavy (non-hydrogen) atoms. The Morgan fingerprint density at radius 1 is 1.24 bits per heavy atom. The molecule has 86 valence electrons. The third-order valence-corrected chi connectivity index (χ3v) is 2.66. The fourth-order valence-corrected chi connectivity index (χ4v) is 1.75. The lowest BCUT2D eigenvalue weighted by Crippen LogP contribution is -1.99. The lowest BCUT2D eigenvalue weighted by atomic mass is 10.3. The van der Waals surface area contributed by atoms with Crippen LogP contribution in [0.25, 0.3) is 0 Å². The molecule has 0 bridgehead atoms. The molecule has 2 rings (SSSR count). The molecule has 0 aliphatic carbocycles. The highest BCUT2D eigenvalue weighted by Crippen LogP contribution is 2.22. The number of ether oxygens (including phenoxy) is 1. The van der Waals surface area contributed by atoms with Crippen LogP contribution in [-0.2, 0) is 0 Å². The summed E-state index contributed by atoms with van der Waals surface area (Å²) in [6.07, 6.45) is 1.39. The molecule has 1 aromatic heterocycles. The Morgan fingerprint density at radius 2 is 2.06 bits per heavy atom. The Kier molecular flexibility index (Phi) is 3.58. The summed E-state index contributed by atoms with van der Waals surface area (Å²) < 4.78 is 6.60. The number of halogens is 1. The molecule has 0 saturated carbocycles. The lowest BCUT2D eigenvalue weighted by molar-refractivity contribution is 0.0690. The molecule has 0 unspecified atom stereocenters. The van der Waals surface area contributed by atoms with Gasteiger partial charge in [-0.2, -0.15) is 0 Å². The van der Waals surface area contributed by atoms with E-state index in [2.05, 4.69) is 27.6 Å². The third-order valence-electron chi connectivity index (χ3n) is 1.99. The van der Waals surface area contributed by atoms with Crippen LogP contribution in [0.3, 0.4) is 0 Å². The molecule has 4 nitrogen and oxygen atoms in total. The zero-order chi connectivity index (χ0) is 12.3. The Morgan fingerprint density at radius 3 is 2.65 bits per heavy atom. The fourth-order valence-electron chi connectivity index (χ4n) is 1.23. The summed E-state index contributed by atoms with van der Waals surface area (Å²) in [4.78, 5) is 14.4. The summed E-state index contributed by atoms with van der Waals surface area (Å²) in [5, 5.41) is 8.70. The van der Waals surface area contributed by atoms with E-state index in [0.717, 1.165) is 3.57 Å². The molecule has 1 N–H and O–H groups in total. The van der Waals surface area contributed by atoms with Gasteiger partial charge in [-0.3, -0.25) is 0 Å². The molecular formula is C12H8INO3. The van der Waals surface area contributed by atoms with Crippen LogP contribution in [0.15, 0.2) is 42.6 Å². The number of hydrogen-bond acceptors (Lipinski definition) is 3. The van der Waals surface area contributed by atoms with E-state index in [-0.39, 0.29) is 5.69 Å². The van der Waals surface area contributed by atoms with E-state index in [1.165, 1.54) is 12.3 Å².